The molecule has 166 valence electrons. The number of hydrogen-bond acceptors (Lipinski definition) is 6. The van der Waals surface area contributed by atoms with Gasteiger partial charge < -0.3 is 19.6 Å². The second-order valence-electron chi connectivity index (χ2n) is 7.41. The molecule has 3 amide bonds. The highest BCUT2D eigenvalue weighted by Gasteiger charge is 2.22. The van der Waals surface area contributed by atoms with Crippen LogP contribution in [0, 0.1) is 0 Å². The molecule has 1 aliphatic heterocycles. The Hall–Kier alpha value is -3.46. The number of carbonyl (C=O) groups is 2. The summed E-state index contributed by atoms with van der Waals surface area (Å²) >= 11 is 5.97. The standard InChI is InChI=1S/C22H23ClN6O3/c23-17-3-1-4-18(15-17)25-22(31)29-12-2-11-28(13-14-29)20(30)6-5-19-26-21(27-32-19)16-7-9-24-10-8-16/h1,3-4,7-10,15H,2,5-6,11-14H2,(H,25,31). The Morgan fingerprint density at radius 3 is 2.66 bits per heavy atom. The van der Waals surface area contributed by atoms with Crippen LogP contribution in [0.3, 0.4) is 0 Å². The molecule has 1 fully saturated rings. The van der Waals surface area contributed by atoms with Gasteiger partial charge in [-0.15, -0.1) is 0 Å². The van der Waals surface area contributed by atoms with Gasteiger partial charge in [0.05, 0.1) is 0 Å². The zero-order valence-electron chi connectivity index (χ0n) is 17.4. The number of urea groups is 1. The van der Waals surface area contributed by atoms with Crippen LogP contribution in [0.15, 0.2) is 53.3 Å². The maximum atomic E-state index is 12.7. The van der Waals surface area contributed by atoms with E-state index < -0.39 is 0 Å². The molecule has 4 rings (SSSR count). The summed E-state index contributed by atoms with van der Waals surface area (Å²) in [6, 6.07) is 10.4. The quantitative estimate of drug-likeness (QED) is 0.632. The minimum atomic E-state index is -0.198. The van der Waals surface area contributed by atoms with Crippen LogP contribution in [0.2, 0.25) is 5.02 Å². The van der Waals surface area contributed by atoms with Crippen molar-refractivity contribution >= 4 is 29.2 Å². The number of pyridine rings is 1. The highest BCUT2D eigenvalue weighted by molar-refractivity contribution is 6.30. The number of anilines is 1. The minimum Gasteiger partial charge on any atom is -0.341 e. The molecule has 3 aromatic rings. The summed E-state index contributed by atoms with van der Waals surface area (Å²) in [5.74, 6) is 0.902. The molecule has 0 radical (unpaired) electrons. The summed E-state index contributed by atoms with van der Waals surface area (Å²) in [6.45, 7) is 2.12. The zero-order chi connectivity index (χ0) is 22.3. The normalized spacial score (nSPS) is 14.2. The van der Waals surface area contributed by atoms with Gasteiger partial charge in [0.1, 0.15) is 0 Å². The van der Waals surface area contributed by atoms with E-state index in [1.54, 1.807) is 58.6 Å². The van der Waals surface area contributed by atoms with Crippen LogP contribution in [-0.2, 0) is 11.2 Å². The van der Waals surface area contributed by atoms with Crippen molar-refractivity contribution in [2.45, 2.75) is 19.3 Å². The first kappa shape index (κ1) is 21.8. The van der Waals surface area contributed by atoms with Crippen molar-refractivity contribution in [1.29, 1.82) is 0 Å². The Morgan fingerprint density at radius 2 is 1.84 bits per heavy atom. The summed E-state index contributed by atoms with van der Waals surface area (Å²) < 4.78 is 5.27. The SMILES string of the molecule is O=C(CCc1nc(-c2ccncc2)no1)N1CCCN(C(=O)Nc2cccc(Cl)c2)CC1. The van der Waals surface area contributed by atoms with E-state index in [0.29, 0.717) is 61.4 Å². The second-order valence-corrected chi connectivity index (χ2v) is 7.85. The Bertz CT molecular complexity index is 1070. The van der Waals surface area contributed by atoms with Crippen LogP contribution in [0.4, 0.5) is 10.5 Å². The van der Waals surface area contributed by atoms with Gasteiger partial charge in [0.25, 0.3) is 0 Å². The molecule has 1 aliphatic rings. The van der Waals surface area contributed by atoms with Crippen LogP contribution < -0.4 is 5.32 Å². The fourth-order valence-corrected chi connectivity index (χ4v) is 3.68. The first-order chi connectivity index (χ1) is 15.6. The predicted octanol–water partition coefficient (Wildman–Crippen LogP) is 3.48. The summed E-state index contributed by atoms with van der Waals surface area (Å²) in [6.07, 6.45) is 4.67. The fraction of sp³-hybridized carbons (Fsp3) is 0.318. The lowest BCUT2D eigenvalue weighted by atomic mass is 10.2. The molecule has 0 unspecified atom stereocenters. The van der Waals surface area contributed by atoms with Crippen molar-refractivity contribution in [2.75, 3.05) is 31.5 Å². The molecule has 9 nitrogen and oxygen atoms in total. The van der Waals surface area contributed by atoms with Crippen LogP contribution in [0.25, 0.3) is 11.4 Å². The number of nitrogens with zero attached hydrogens (tertiary/aromatic N) is 5. The summed E-state index contributed by atoms with van der Waals surface area (Å²) in [4.78, 5) is 37.1. The van der Waals surface area contributed by atoms with E-state index in [2.05, 4.69) is 20.4 Å². The number of nitrogens with one attached hydrogen (secondary N) is 1. The van der Waals surface area contributed by atoms with Crippen LogP contribution >= 0.6 is 11.6 Å². The zero-order valence-corrected chi connectivity index (χ0v) is 18.2. The molecule has 0 bridgehead atoms. The van der Waals surface area contributed by atoms with Crippen molar-refractivity contribution < 1.29 is 14.1 Å². The van der Waals surface area contributed by atoms with Gasteiger partial charge in [-0.05, 0) is 36.8 Å². The summed E-state index contributed by atoms with van der Waals surface area (Å²) in [7, 11) is 0. The van der Waals surface area contributed by atoms with Gasteiger partial charge in [-0.1, -0.05) is 22.8 Å². The van der Waals surface area contributed by atoms with Crippen molar-refractivity contribution in [1.82, 2.24) is 24.9 Å². The highest BCUT2D eigenvalue weighted by atomic mass is 35.5. The maximum Gasteiger partial charge on any atom is 0.321 e. The van der Waals surface area contributed by atoms with Crippen molar-refractivity contribution in [2.24, 2.45) is 0 Å². The molecule has 1 saturated heterocycles. The van der Waals surface area contributed by atoms with E-state index in [1.165, 1.54) is 0 Å². The van der Waals surface area contributed by atoms with E-state index in [0.717, 1.165) is 5.56 Å². The number of rotatable bonds is 5. The van der Waals surface area contributed by atoms with Crippen LogP contribution in [0.1, 0.15) is 18.7 Å². The Labute approximate surface area is 190 Å². The monoisotopic (exact) mass is 454 g/mol. The molecule has 2 aromatic heterocycles. The lowest BCUT2D eigenvalue weighted by Gasteiger charge is -2.22. The number of amides is 3. The average molecular weight is 455 g/mol. The van der Waals surface area contributed by atoms with Gasteiger partial charge in [-0.2, -0.15) is 4.98 Å². The third kappa shape index (κ3) is 5.61. The number of benzene rings is 1. The second kappa shape index (κ2) is 10.2. The topological polar surface area (TPSA) is 104 Å². The first-order valence-electron chi connectivity index (χ1n) is 10.4. The third-order valence-corrected chi connectivity index (χ3v) is 5.41. The molecule has 3 heterocycles. The largest absolute Gasteiger partial charge is 0.341 e. The predicted molar refractivity (Wildman–Crippen MR) is 119 cm³/mol. The van der Waals surface area contributed by atoms with E-state index in [9.17, 15) is 9.59 Å². The third-order valence-electron chi connectivity index (χ3n) is 5.17. The lowest BCUT2D eigenvalue weighted by molar-refractivity contribution is -0.131. The summed E-state index contributed by atoms with van der Waals surface area (Å²) in [5.41, 5.74) is 1.45. The molecule has 0 saturated carbocycles. The van der Waals surface area contributed by atoms with Crippen molar-refractivity contribution in [3.8, 4) is 11.4 Å². The molecule has 32 heavy (non-hydrogen) atoms. The Balaban J connectivity index is 1.26. The molecule has 1 aromatic carbocycles. The summed E-state index contributed by atoms with van der Waals surface area (Å²) in [5, 5.41) is 7.38. The number of halogens is 1. The smallest absolute Gasteiger partial charge is 0.321 e. The van der Waals surface area contributed by atoms with E-state index in [4.69, 9.17) is 16.1 Å². The number of hydrogen-bond donors (Lipinski definition) is 1. The van der Waals surface area contributed by atoms with Crippen molar-refractivity contribution in [3.63, 3.8) is 0 Å². The van der Waals surface area contributed by atoms with Gasteiger partial charge in [-0.25, -0.2) is 4.79 Å². The van der Waals surface area contributed by atoms with E-state index in [-0.39, 0.29) is 18.4 Å². The molecular formula is C22H23ClN6O3. The molecule has 0 atom stereocenters. The van der Waals surface area contributed by atoms with Gasteiger partial charge in [-0.3, -0.25) is 9.78 Å². The molecule has 0 aliphatic carbocycles. The number of aryl methyl sites for hydroxylation is 1. The van der Waals surface area contributed by atoms with E-state index in [1.807, 2.05) is 0 Å². The van der Waals surface area contributed by atoms with Gasteiger partial charge in [0.15, 0.2) is 0 Å². The highest BCUT2D eigenvalue weighted by Crippen LogP contribution is 2.17. The molecule has 10 heteroatoms. The number of aromatic nitrogens is 3. The fourth-order valence-electron chi connectivity index (χ4n) is 3.49. The van der Waals surface area contributed by atoms with Gasteiger partial charge in [0, 0.05) is 67.7 Å². The average Bonchev–Trinajstić information content (AvgIpc) is 3.13. The van der Waals surface area contributed by atoms with Gasteiger partial charge >= 0.3 is 6.03 Å². The molecule has 1 N–H and O–H groups in total. The van der Waals surface area contributed by atoms with Crippen LogP contribution in [-0.4, -0.2) is 63.0 Å². The Morgan fingerprint density at radius 1 is 1.06 bits per heavy atom. The minimum absolute atomic E-state index is 0.00533. The van der Waals surface area contributed by atoms with Gasteiger partial charge in [0.2, 0.25) is 17.6 Å². The molecular weight excluding hydrogens is 432 g/mol. The van der Waals surface area contributed by atoms with Crippen molar-refractivity contribution in [3.05, 3.63) is 59.7 Å². The first-order valence-corrected chi connectivity index (χ1v) is 10.8. The van der Waals surface area contributed by atoms with Crippen LogP contribution in [0.5, 0.6) is 0 Å². The Kier molecular flexibility index (Phi) is 6.96. The van der Waals surface area contributed by atoms with E-state index >= 15 is 0 Å². The lowest BCUT2D eigenvalue weighted by Crippen LogP contribution is -2.39. The maximum absolute atomic E-state index is 12.7. The molecule has 0 spiro atoms. The number of carbonyl (C=O) groups excluding carboxylic acids is 2.